The van der Waals surface area contributed by atoms with E-state index in [4.69, 9.17) is 9.47 Å². The van der Waals surface area contributed by atoms with Crippen LogP contribution in [0.15, 0.2) is 40.3 Å². The van der Waals surface area contributed by atoms with Gasteiger partial charge in [-0.15, -0.1) is 11.8 Å². The normalized spacial score (nSPS) is 39.6. The lowest BCUT2D eigenvalue weighted by molar-refractivity contribution is -0.290. The van der Waals surface area contributed by atoms with Crippen molar-refractivity contribution in [1.29, 1.82) is 0 Å². The van der Waals surface area contributed by atoms with Gasteiger partial charge in [0.25, 0.3) is 0 Å². The molecular weight excluding hydrogens is 504 g/mol. The van der Waals surface area contributed by atoms with E-state index in [9.17, 15) is 39.9 Å². The van der Waals surface area contributed by atoms with Crippen LogP contribution in [0.1, 0.15) is 53.8 Å². The Morgan fingerprint density at radius 3 is 2.46 bits per heavy atom. The molecule has 7 atom stereocenters. The van der Waals surface area contributed by atoms with Crippen molar-refractivity contribution in [2.24, 2.45) is 0 Å². The average molecular weight is 533 g/mol. The van der Waals surface area contributed by atoms with Crippen molar-refractivity contribution in [3.63, 3.8) is 0 Å². The molecule has 0 radical (unpaired) electrons. The van der Waals surface area contributed by atoms with Crippen LogP contribution in [0, 0.1) is 0 Å². The number of aliphatic hydroxyl groups excluding tert-OH is 2. The number of phenols is 1. The Morgan fingerprint density at radius 1 is 1.11 bits per heavy atom. The predicted molar refractivity (Wildman–Crippen MR) is 130 cm³/mol. The summed E-state index contributed by atoms with van der Waals surface area (Å²) in [6.07, 6.45) is -2.22. The number of fused-ring (bicyclic) bond motifs is 3. The van der Waals surface area contributed by atoms with Gasteiger partial charge in [-0.05, 0) is 38.7 Å². The van der Waals surface area contributed by atoms with Crippen molar-refractivity contribution in [2.75, 3.05) is 6.26 Å². The molecule has 1 saturated carbocycles. The third-order valence-corrected chi connectivity index (χ3v) is 8.70. The third kappa shape index (κ3) is 3.46. The highest BCUT2D eigenvalue weighted by atomic mass is 32.2. The highest BCUT2D eigenvalue weighted by molar-refractivity contribution is 8.02. The number of ether oxygens (including phenoxy) is 2. The first kappa shape index (κ1) is 26.2. The fourth-order valence-electron chi connectivity index (χ4n) is 5.89. The zero-order valence-electron chi connectivity index (χ0n) is 20.4. The Kier molecular flexibility index (Phi) is 6.07. The fourth-order valence-corrected chi connectivity index (χ4v) is 6.67. The second kappa shape index (κ2) is 8.57. The SMILES string of the molecule is CSC1=CC2=C(C(=O)c3cccc(O)c3C2=O)C2(OC3CCC(O)C(C)O3)C(=O)C(O)C(C)(O)CC12O. The molecule has 0 spiro atoms. The number of hydrogen-bond acceptors (Lipinski definition) is 11. The number of aliphatic hydroxyl groups is 4. The molecule has 10 nitrogen and oxygen atoms in total. The molecule has 0 bridgehead atoms. The lowest BCUT2D eigenvalue weighted by Gasteiger charge is -2.58. The monoisotopic (exact) mass is 532 g/mol. The number of aromatic hydroxyl groups is 1. The number of Topliss-reactive ketones (excluding diaryl/α,β-unsaturated/α-hetero) is 3. The number of carbonyl (C=O) groups is 3. The van der Waals surface area contributed by atoms with Crippen LogP contribution in [0.2, 0.25) is 0 Å². The molecule has 11 heteroatoms. The summed E-state index contributed by atoms with van der Waals surface area (Å²) in [5.41, 5.74) is -8.28. The number of carbonyl (C=O) groups excluding carboxylic acids is 3. The summed E-state index contributed by atoms with van der Waals surface area (Å²) in [7, 11) is 0. The minimum absolute atomic E-state index is 0.0516. The standard InChI is InChI=1S/C26H28O10S/c1-11-14(27)7-8-17(35-11)36-26-19-13(20(29)18-12(21(19)30)5-4-6-15(18)28)9-16(37-3)25(26,34)10-24(2,33)22(31)23(26)32/h4-6,9,11,14,17,22,27-28,31,33-34H,7-8,10H2,1-3H3. The first-order chi connectivity index (χ1) is 17.3. The summed E-state index contributed by atoms with van der Waals surface area (Å²) in [5, 5.41) is 54.6. The van der Waals surface area contributed by atoms with E-state index in [1.165, 1.54) is 31.2 Å². The van der Waals surface area contributed by atoms with Crippen LogP contribution in [0.3, 0.4) is 0 Å². The van der Waals surface area contributed by atoms with Gasteiger partial charge in [-0.1, -0.05) is 12.1 Å². The van der Waals surface area contributed by atoms with Crippen molar-refractivity contribution >= 4 is 29.1 Å². The van der Waals surface area contributed by atoms with Gasteiger partial charge in [0.05, 0.1) is 28.9 Å². The summed E-state index contributed by atoms with van der Waals surface area (Å²) in [6, 6.07) is 3.94. The van der Waals surface area contributed by atoms with Crippen LogP contribution in [0.4, 0.5) is 0 Å². The Hall–Kier alpha value is -2.38. The Bertz CT molecular complexity index is 1280. The molecule has 5 N–H and O–H groups in total. The highest BCUT2D eigenvalue weighted by Gasteiger charge is 2.73. The van der Waals surface area contributed by atoms with Crippen LogP contribution in [-0.4, -0.2) is 90.5 Å². The van der Waals surface area contributed by atoms with Gasteiger partial charge in [0.15, 0.2) is 23.5 Å². The molecule has 3 aliphatic carbocycles. The predicted octanol–water partition coefficient (Wildman–Crippen LogP) is 0.785. The molecule has 1 aliphatic heterocycles. The number of rotatable bonds is 3. The van der Waals surface area contributed by atoms with Crippen LogP contribution in [0.25, 0.3) is 0 Å². The Labute approximate surface area is 216 Å². The molecule has 5 rings (SSSR count). The van der Waals surface area contributed by atoms with Gasteiger partial charge < -0.3 is 35.0 Å². The second-order valence-electron chi connectivity index (χ2n) is 10.2. The maximum absolute atomic E-state index is 14.1. The lowest BCUT2D eigenvalue weighted by atomic mass is 9.56. The number of thioether (sulfide) groups is 1. The summed E-state index contributed by atoms with van der Waals surface area (Å²) >= 11 is 0.985. The molecule has 2 fully saturated rings. The smallest absolute Gasteiger partial charge is 0.204 e. The first-order valence-corrected chi connectivity index (χ1v) is 13.1. The number of benzene rings is 1. The van der Waals surface area contributed by atoms with Gasteiger partial charge in [-0.25, -0.2) is 0 Å². The molecule has 4 aliphatic rings. The van der Waals surface area contributed by atoms with Gasteiger partial charge in [0, 0.05) is 28.9 Å². The number of allylic oxidation sites excluding steroid dienone is 2. The van der Waals surface area contributed by atoms with Crippen molar-refractivity contribution in [3.8, 4) is 5.75 Å². The summed E-state index contributed by atoms with van der Waals surface area (Å²) in [6.45, 7) is 2.79. The van der Waals surface area contributed by atoms with Gasteiger partial charge in [-0.2, -0.15) is 0 Å². The van der Waals surface area contributed by atoms with Gasteiger partial charge >= 0.3 is 0 Å². The van der Waals surface area contributed by atoms with E-state index >= 15 is 0 Å². The molecule has 1 saturated heterocycles. The fraction of sp³-hybridized carbons (Fsp3) is 0.500. The molecule has 0 aromatic heterocycles. The Morgan fingerprint density at radius 2 is 1.81 bits per heavy atom. The van der Waals surface area contributed by atoms with E-state index in [1.807, 2.05) is 0 Å². The van der Waals surface area contributed by atoms with Gasteiger partial charge in [0.1, 0.15) is 17.5 Å². The first-order valence-electron chi connectivity index (χ1n) is 11.9. The van der Waals surface area contributed by atoms with Crippen LogP contribution in [-0.2, 0) is 14.3 Å². The van der Waals surface area contributed by atoms with Gasteiger partial charge in [-0.3, -0.25) is 14.4 Å². The molecular formula is C26H28O10S. The minimum Gasteiger partial charge on any atom is -0.507 e. The number of phenolic OH excluding ortho intramolecular Hbond substituents is 1. The van der Waals surface area contributed by atoms with E-state index in [2.05, 4.69) is 0 Å². The van der Waals surface area contributed by atoms with Crippen molar-refractivity contribution in [3.05, 3.63) is 51.5 Å². The van der Waals surface area contributed by atoms with E-state index < -0.39 is 76.5 Å². The maximum Gasteiger partial charge on any atom is 0.204 e. The summed E-state index contributed by atoms with van der Waals surface area (Å²) < 4.78 is 12.0. The number of hydrogen-bond donors (Lipinski definition) is 5. The zero-order valence-corrected chi connectivity index (χ0v) is 21.2. The number of ketones is 3. The lowest BCUT2D eigenvalue weighted by Crippen LogP contribution is -2.76. The van der Waals surface area contributed by atoms with Gasteiger partial charge in [0.2, 0.25) is 5.78 Å². The molecule has 0 amide bonds. The zero-order chi connectivity index (χ0) is 27.1. The largest absolute Gasteiger partial charge is 0.507 e. The highest BCUT2D eigenvalue weighted by Crippen LogP contribution is 2.58. The van der Waals surface area contributed by atoms with E-state index in [0.717, 1.165) is 11.8 Å². The Balaban J connectivity index is 1.80. The molecule has 1 heterocycles. The van der Waals surface area contributed by atoms with Crippen LogP contribution < -0.4 is 0 Å². The summed E-state index contributed by atoms with van der Waals surface area (Å²) in [4.78, 5) is 41.8. The van der Waals surface area contributed by atoms with E-state index in [1.54, 1.807) is 13.2 Å². The van der Waals surface area contributed by atoms with Crippen LogP contribution >= 0.6 is 11.8 Å². The van der Waals surface area contributed by atoms with Crippen molar-refractivity contribution < 1.29 is 49.4 Å². The molecule has 1 aromatic rings. The van der Waals surface area contributed by atoms with Crippen molar-refractivity contribution in [1.82, 2.24) is 0 Å². The second-order valence-corrected chi connectivity index (χ2v) is 11.1. The topological polar surface area (TPSA) is 171 Å². The summed E-state index contributed by atoms with van der Waals surface area (Å²) in [5.74, 6) is -3.23. The molecule has 7 unspecified atom stereocenters. The molecule has 1 aromatic carbocycles. The van der Waals surface area contributed by atoms with E-state index in [-0.39, 0.29) is 34.4 Å². The molecule has 198 valence electrons. The van der Waals surface area contributed by atoms with Crippen LogP contribution in [0.5, 0.6) is 5.75 Å². The quantitative estimate of drug-likeness (QED) is 0.373. The van der Waals surface area contributed by atoms with Crippen molar-refractivity contribution in [2.45, 2.75) is 74.5 Å². The molecule has 37 heavy (non-hydrogen) atoms. The van der Waals surface area contributed by atoms with E-state index in [0.29, 0.717) is 0 Å². The average Bonchev–Trinajstić information content (AvgIpc) is 2.83. The minimum atomic E-state index is -2.63. The third-order valence-electron chi connectivity index (χ3n) is 7.81. The maximum atomic E-state index is 14.1.